The van der Waals surface area contributed by atoms with Gasteiger partial charge in [-0.05, 0) is 44.9 Å². The molecular formula is C19H28N2O4S. The number of sulfonamides is 1. The van der Waals surface area contributed by atoms with Crippen LogP contribution in [0.25, 0.3) is 0 Å². The molecule has 1 heterocycles. The third-order valence-electron chi connectivity index (χ3n) is 5.20. The third kappa shape index (κ3) is 3.94. The van der Waals surface area contributed by atoms with Gasteiger partial charge in [-0.15, -0.1) is 0 Å². The number of rotatable bonds is 5. The highest BCUT2D eigenvalue weighted by Crippen LogP contribution is 2.27. The Morgan fingerprint density at radius 1 is 1.19 bits per heavy atom. The van der Waals surface area contributed by atoms with Crippen molar-refractivity contribution in [1.82, 2.24) is 9.21 Å². The topological polar surface area (TPSA) is 66.9 Å². The van der Waals surface area contributed by atoms with Crippen LogP contribution in [-0.2, 0) is 14.8 Å². The second-order valence-corrected chi connectivity index (χ2v) is 9.23. The van der Waals surface area contributed by atoms with Gasteiger partial charge >= 0.3 is 0 Å². The van der Waals surface area contributed by atoms with Crippen molar-refractivity contribution in [3.63, 3.8) is 0 Å². The maximum atomic E-state index is 13.1. The molecule has 0 radical (unpaired) electrons. The summed E-state index contributed by atoms with van der Waals surface area (Å²) in [6.45, 7) is 5.54. The van der Waals surface area contributed by atoms with E-state index in [1.54, 1.807) is 18.2 Å². The molecule has 1 aromatic carbocycles. The molecule has 0 N–H and O–H groups in total. The Labute approximate surface area is 156 Å². The Bertz CT molecular complexity index is 736. The van der Waals surface area contributed by atoms with E-state index in [2.05, 4.69) is 0 Å². The number of hydrogen-bond acceptors (Lipinski definition) is 4. The van der Waals surface area contributed by atoms with Gasteiger partial charge in [0.2, 0.25) is 10.0 Å². The van der Waals surface area contributed by atoms with Crippen molar-refractivity contribution in [2.45, 2.75) is 56.5 Å². The number of ether oxygens (including phenoxy) is 1. The van der Waals surface area contributed by atoms with Crippen LogP contribution in [0.3, 0.4) is 0 Å². The van der Waals surface area contributed by atoms with E-state index in [0.717, 1.165) is 25.7 Å². The zero-order valence-electron chi connectivity index (χ0n) is 15.6. The predicted molar refractivity (Wildman–Crippen MR) is 99.6 cm³/mol. The van der Waals surface area contributed by atoms with E-state index in [1.807, 2.05) is 18.7 Å². The van der Waals surface area contributed by atoms with Crippen LogP contribution in [0.1, 0.15) is 49.9 Å². The lowest BCUT2D eigenvalue weighted by molar-refractivity contribution is 0.0613. The quantitative estimate of drug-likeness (QED) is 0.787. The first kappa shape index (κ1) is 19.3. The van der Waals surface area contributed by atoms with E-state index >= 15 is 0 Å². The molecule has 0 aromatic heterocycles. The first-order valence-corrected chi connectivity index (χ1v) is 10.9. The van der Waals surface area contributed by atoms with Crippen molar-refractivity contribution in [2.75, 3.05) is 26.3 Å². The predicted octanol–water partition coefficient (Wildman–Crippen LogP) is 2.50. The number of nitrogens with zero attached hydrogens (tertiary/aromatic N) is 2. The highest BCUT2D eigenvalue weighted by molar-refractivity contribution is 7.89. The van der Waals surface area contributed by atoms with E-state index in [0.29, 0.717) is 31.9 Å². The molecule has 0 unspecified atom stereocenters. The van der Waals surface area contributed by atoms with E-state index < -0.39 is 10.0 Å². The van der Waals surface area contributed by atoms with Crippen molar-refractivity contribution in [2.24, 2.45) is 0 Å². The summed E-state index contributed by atoms with van der Waals surface area (Å²) in [5.74, 6) is -0.0778. The maximum Gasteiger partial charge on any atom is 0.254 e. The Morgan fingerprint density at radius 3 is 2.46 bits per heavy atom. The smallest absolute Gasteiger partial charge is 0.254 e. The van der Waals surface area contributed by atoms with Gasteiger partial charge in [0.15, 0.2) is 0 Å². The van der Waals surface area contributed by atoms with E-state index in [-0.39, 0.29) is 22.9 Å². The standard InChI is InChI=1S/C19H28N2O4S/c1-15(2)21(17-7-3-4-8-17)19(22)16-6-5-9-18(14-16)26(23,24)20-10-12-25-13-11-20/h5-6,9,14-15,17H,3-4,7-8,10-13H2,1-2H3. The number of carbonyl (C=O) groups excluding carboxylic acids is 1. The molecule has 1 saturated heterocycles. The molecule has 1 saturated carbocycles. The van der Waals surface area contributed by atoms with E-state index in [4.69, 9.17) is 4.74 Å². The van der Waals surface area contributed by atoms with Gasteiger partial charge in [0.05, 0.1) is 18.1 Å². The minimum Gasteiger partial charge on any atom is -0.379 e. The molecule has 6 nitrogen and oxygen atoms in total. The molecule has 0 bridgehead atoms. The van der Waals surface area contributed by atoms with Crippen molar-refractivity contribution in [3.05, 3.63) is 29.8 Å². The Balaban J connectivity index is 1.87. The summed E-state index contributed by atoms with van der Waals surface area (Å²) in [5, 5.41) is 0. The van der Waals surface area contributed by atoms with Crippen molar-refractivity contribution in [3.8, 4) is 0 Å². The summed E-state index contributed by atoms with van der Waals surface area (Å²) in [5.41, 5.74) is 0.444. The van der Waals surface area contributed by atoms with Crippen LogP contribution >= 0.6 is 0 Å². The van der Waals surface area contributed by atoms with Crippen LogP contribution in [-0.4, -0.2) is 61.9 Å². The minimum atomic E-state index is -3.60. The van der Waals surface area contributed by atoms with Gasteiger partial charge in [0.1, 0.15) is 0 Å². The number of hydrogen-bond donors (Lipinski definition) is 0. The SMILES string of the molecule is CC(C)N(C(=O)c1cccc(S(=O)(=O)N2CCOCC2)c1)C1CCCC1. The lowest BCUT2D eigenvalue weighted by Crippen LogP contribution is -2.44. The average molecular weight is 381 g/mol. The zero-order chi connectivity index (χ0) is 18.7. The van der Waals surface area contributed by atoms with Gasteiger partial charge in [0, 0.05) is 30.7 Å². The van der Waals surface area contributed by atoms with Crippen LogP contribution < -0.4 is 0 Å². The van der Waals surface area contributed by atoms with E-state index in [1.165, 1.54) is 10.4 Å². The fraction of sp³-hybridized carbons (Fsp3) is 0.632. The van der Waals surface area contributed by atoms with E-state index in [9.17, 15) is 13.2 Å². The Morgan fingerprint density at radius 2 is 1.85 bits per heavy atom. The molecule has 3 rings (SSSR count). The van der Waals surface area contributed by atoms with Crippen LogP contribution in [0, 0.1) is 0 Å². The summed E-state index contributed by atoms with van der Waals surface area (Å²) < 4.78 is 32.4. The monoisotopic (exact) mass is 380 g/mol. The molecule has 7 heteroatoms. The number of benzene rings is 1. The normalized spacial score (nSPS) is 19.8. The number of carbonyl (C=O) groups is 1. The van der Waals surface area contributed by atoms with Gasteiger partial charge in [-0.25, -0.2) is 8.42 Å². The summed E-state index contributed by atoms with van der Waals surface area (Å²) in [7, 11) is -3.60. The Hall–Kier alpha value is -1.44. The maximum absolute atomic E-state index is 13.1. The second-order valence-electron chi connectivity index (χ2n) is 7.29. The largest absolute Gasteiger partial charge is 0.379 e. The summed E-state index contributed by atoms with van der Waals surface area (Å²) >= 11 is 0. The van der Waals surface area contributed by atoms with Gasteiger partial charge in [0.25, 0.3) is 5.91 Å². The average Bonchev–Trinajstić information content (AvgIpc) is 3.16. The first-order chi connectivity index (χ1) is 12.4. The summed E-state index contributed by atoms with van der Waals surface area (Å²) in [4.78, 5) is 15.2. The Kier molecular flexibility index (Phi) is 5.99. The van der Waals surface area contributed by atoms with Crippen LogP contribution in [0.2, 0.25) is 0 Å². The highest BCUT2D eigenvalue weighted by atomic mass is 32.2. The van der Waals surface area contributed by atoms with Crippen LogP contribution in [0.15, 0.2) is 29.2 Å². The number of morpholine rings is 1. The molecule has 1 aromatic rings. The van der Waals surface area contributed by atoms with Crippen molar-refractivity contribution in [1.29, 1.82) is 0 Å². The molecule has 0 spiro atoms. The molecule has 1 aliphatic heterocycles. The third-order valence-corrected chi connectivity index (χ3v) is 7.09. The summed E-state index contributed by atoms with van der Waals surface area (Å²) in [6.07, 6.45) is 4.34. The van der Waals surface area contributed by atoms with Gasteiger partial charge in [-0.3, -0.25) is 4.79 Å². The van der Waals surface area contributed by atoms with Gasteiger partial charge in [-0.2, -0.15) is 4.31 Å². The van der Waals surface area contributed by atoms with Gasteiger partial charge in [-0.1, -0.05) is 18.9 Å². The molecule has 0 atom stereocenters. The molecule has 2 aliphatic rings. The van der Waals surface area contributed by atoms with Crippen molar-refractivity contribution >= 4 is 15.9 Å². The molecular weight excluding hydrogens is 352 g/mol. The molecule has 144 valence electrons. The first-order valence-electron chi connectivity index (χ1n) is 9.42. The summed E-state index contributed by atoms with van der Waals surface area (Å²) in [6, 6.07) is 6.81. The molecule has 1 aliphatic carbocycles. The number of amides is 1. The fourth-order valence-electron chi connectivity index (χ4n) is 3.88. The van der Waals surface area contributed by atoms with Crippen molar-refractivity contribution < 1.29 is 17.9 Å². The molecule has 2 fully saturated rings. The molecule has 26 heavy (non-hydrogen) atoms. The van der Waals surface area contributed by atoms with Gasteiger partial charge < -0.3 is 9.64 Å². The highest BCUT2D eigenvalue weighted by Gasteiger charge is 2.31. The molecule has 1 amide bonds. The van der Waals surface area contributed by atoms with Crippen LogP contribution in [0.5, 0.6) is 0 Å². The van der Waals surface area contributed by atoms with Crippen LogP contribution in [0.4, 0.5) is 0 Å². The fourth-order valence-corrected chi connectivity index (χ4v) is 5.33. The minimum absolute atomic E-state index is 0.0778. The second kappa shape index (κ2) is 8.06. The lowest BCUT2D eigenvalue weighted by atomic mass is 10.1. The lowest BCUT2D eigenvalue weighted by Gasteiger charge is -2.33. The zero-order valence-corrected chi connectivity index (χ0v) is 16.4.